The van der Waals surface area contributed by atoms with Crippen LogP contribution in [0.3, 0.4) is 0 Å². The molecule has 0 saturated carbocycles. The molecule has 0 fully saturated rings. The molecule has 0 heterocycles. The van der Waals surface area contributed by atoms with Crippen LogP contribution in [-0.2, 0) is 4.79 Å². The molecule has 0 spiro atoms. The summed E-state index contributed by atoms with van der Waals surface area (Å²) < 4.78 is 2.33. The quantitative estimate of drug-likeness (QED) is 0.373. The fourth-order valence-electron chi connectivity index (χ4n) is 0.0386. The van der Waals surface area contributed by atoms with Gasteiger partial charge >= 0.3 is 0 Å². The van der Waals surface area contributed by atoms with E-state index in [9.17, 15) is 4.79 Å². The monoisotopic (exact) mass is 197 g/mol. The highest BCUT2D eigenvalue weighted by molar-refractivity contribution is 14.1. The number of carbonyl (C=O) groups excluding carboxylic acids is 1. The predicted molar refractivity (Wildman–Crippen MR) is 32.4 cm³/mol. The first-order chi connectivity index (χ1) is 2.81. The molecule has 0 aromatic rings. The third-order valence-corrected chi connectivity index (χ3v) is 0.810. The Balaban J connectivity index is 3.23. The summed E-state index contributed by atoms with van der Waals surface area (Å²) in [6, 6.07) is 0. The smallest absolute Gasteiger partial charge is 0.251 e. The van der Waals surface area contributed by atoms with E-state index in [4.69, 9.17) is 0 Å². The molecule has 6 heavy (non-hydrogen) atoms. The van der Waals surface area contributed by atoms with E-state index in [2.05, 4.69) is 10.1 Å². The van der Waals surface area contributed by atoms with E-state index in [-0.39, 0.29) is 5.91 Å². The van der Waals surface area contributed by atoms with Crippen molar-refractivity contribution in [2.45, 2.75) is 0 Å². The van der Waals surface area contributed by atoms with Gasteiger partial charge in [-0.3, -0.25) is 8.32 Å². The standard InChI is InChI=1S/C3H4INO/c1-2-3(6)5-4/h2H,1H2,(H,5,6). The summed E-state index contributed by atoms with van der Waals surface area (Å²) in [7, 11) is 0. The summed E-state index contributed by atoms with van der Waals surface area (Å²) in [5, 5.41) is 0. The molecule has 3 heteroatoms. The molecular formula is C3H4INO. The molecule has 0 unspecified atom stereocenters. The molecule has 0 radical (unpaired) electrons. The molecular weight excluding hydrogens is 193 g/mol. The maximum absolute atomic E-state index is 9.94. The zero-order valence-corrected chi connectivity index (χ0v) is 5.23. The van der Waals surface area contributed by atoms with E-state index in [1.165, 1.54) is 6.08 Å². The molecule has 2 nitrogen and oxygen atoms in total. The molecule has 0 aromatic carbocycles. The van der Waals surface area contributed by atoms with E-state index in [1.807, 2.05) is 0 Å². The molecule has 0 saturated heterocycles. The van der Waals surface area contributed by atoms with E-state index in [1.54, 1.807) is 22.9 Å². The molecule has 0 aromatic heterocycles. The first-order valence-corrected chi connectivity index (χ1v) is 2.42. The summed E-state index contributed by atoms with van der Waals surface area (Å²) in [4.78, 5) is 9.94. The Hall–Kier alpha value is -0.0600. The lowest BCUT2D eigenvalue weighted by atomic mass is 10.6. The van der Waals surface area contributed by atoms with Crippen LogP contribution in [0, 0.1) is 0 Å². The SMILES string of the molecule is C=CC(=O)NI. The number of amides is 1. The van der Waals surface area contributed by atoms with Crippen molar-refractivity contribution in [2.24, 2.45) is 0 Å². The van der Waals surface area contributed by atoms with Crippen molar-refractivity contribution in [3.63, 3.8) is 0 Å². The zero-order chi connectivity index (χ0) is 4.99. The largest absolute Gasteiger partial charge is 0.295 e. The Kier molecular flexibility index (Phi) is 3.11. The summed E-state index contributed by atoms with van der Waals surface area (Å²) >= 11 is 1.74. The van der Waals surface area contributed by atoms with Crippen LogP contribution in [0.15, 0.2) is 12.7 Å². The maximum atomic E-state index is 9.94. The van der Waals surface area contributed by atoms with Gasteiger partial charge < -0.3 is 0 Å². The van der Waals surface area contributed by atoms with Gasteiger partial charge in [0.15, 0.2) is 0 Å². The van der Waals surface area contributed by atoms with Crippen molar-refractivity contribution in [1.82, 2.24) is 3.53 Å². The minimum Gasteiger partial charge on any atom is -0.295 e. The van der Waals surface area contributed by atoms with Gasteiger partial charge in [0, 0.05) is 0 Å². The van der Waals surface area contributed by atoms with Crippen molar-refractivity contribution in [1.29, 1.82) is 0 Å². The lowest BCUT2D eigenvalue weighted by molar-refractivity contribution is -0.114. The van der Waals surface area contributed by atoms with Gasteiger partial charge in [0.2, 0.25) is 0 Å². The average molecular weight is 197 g/mol. The van der Waals surface area contributed by atoms with Crippen LogP contribution in [-0.4, -0.2) is 5.91 Å². The molecule has 0 aliphatic carbocycles. The maximum Gasteiger partial charge on any atom is 0.251 e. The van der Waals surface area contributed by atoms with E-state index < -0.39 is 0 Å². The second-order valence-electron chi connectivity index (χ2n) is 0.663. The van der Waals surface area contributed by atoms with Gasteiger partial charge in [-0.15, -0.1) is 0 Å². The Labute approximate surface area is 50.1 Å². The lowest BCUT2D eigenvalue weighted by Gasteiger charge is -1.79. The minimum atomic E-state index is -0.157. The number of hydrogen-bond acceptors (Lipinski definition) is 1. The van der Waals surface area contributed by atoms with Crippen molar-refractivity contribution in [3.8, 4) is 0 Å². The van der Waals surface area contributed by atoms with Gasteiger partial charge in [0.25, 0.3) is 5.91 Å². The lowest BCUT2D eigenvalue weighted by Crippen LogP contribution is -2.05. The Morgan fingerprint density at radius 3 is 2.50 bits per heavy atom. The van der Waals surface area contributed by atoms with Crippen molar-refractivity contribution >= 4 is 28.8 Å². The molecule has 1 N–H and O–H groups in total. The molecule has 0 rings (SSSR count). The third kappa shape index (κ3) is 2.19. The molecule has 0 aliphatic rings. The number of nitrogens with one attached hydrogen (secondary N) is 1. The summed E-state index contributed by atoms with van der Waals surface area (Å²) in [6.45, 7) is 3.21. The molecule has 0 bridgehead atoms. The Morgan fingerprint density at radius 1 is 2.00 bits per heavy atom. The fraction of sp³-hybridized carbons (Fsp3) is 0. The van der Waals surface area contributed by atoms with E-state index in [0.29, 0.717) is 0 Å². The van der Waals surface area contributed by atoms with E-state index in [0.717, 1.165) is 0 Å². The summed E-state index contributed by atoms with van der Waals surface area (Å²) in [5.41, 5.74) is 0. The van der Waals surface area contributed by atoms with Gasteiger partial charge in [0.1, 0.15) is 0 Å². The molecule has 34 valence electrons. The first-order valence-electron chi connectivity index (χ1n) is 1.34. The number of halogens is 1. The van der Waals surface area contributed by atoms with Crippen molar-refractivity contribution < 1.29 is 4.79 Å². The van der Waals surface area contributed by atoms with Gasteiger partial charge in [0.05, 0.1) is 22.9 Å². The van der Waals surface area contributed by atoms with Gasteiger partial charge in [-0.05, 0) is 6.08 Å². The Bertz CT molecular complexity index is 71.2. The fourth-order valence-corrected chi connectivity index (χ4v) is 0.259. The van der Waals surface area contributed by atoms with Crippen LogP contribution in [0.2, 0.25) is 0 Å². The second kappa shape index (κ2) is 3.14. The summed E-state index contributed by atoms with van der Waals surface area (Å²) in [6.07, 6.45) is 1.21. The average Bonchev–Trinajstić information content (AvgIpc) is 1.65. The second-order valence-corrected chi connectivity index (χ2v) is 1.20. The van der Waals surface area contributed by atoms with Crippen molar-refractivity contribution in [2.75, 3.05) is 0 Å². The minimum absolute atomic E-state index is 0.157. The molecule has 0 atom stereocenters. The predicted octanol–water partition coefficient (Wildman–Crippen LogP) is 0.639. The van der Waals surface area contributed by atoms with Gasteiger partial charge in [-0.2, -0.15) is 0 Å². The first kappa shape index (κ1) is 5.94. The molecule has 1 amide bonds. The topological polar surface area (TPSA) is 29.1 Å². The number of hydrogen-bond donors (Lipinski definition) is 1. The van der Waals surface area contributed by atoms with Crippen LogP contribution in [0.1, 0.15) is 0 Å². The third-order valence-electron chi connectivity index (χ3n) is 0.279. The molecule has 0 aliphatic heterocycles. The highest BCUT2D eigenvalue weighted by Gasteiger charge is 1.80. The van der Waals surface area contributed by atoms with Crippen molar-refractivity contribution in [3.05, 3.63) is 12.7 Å². The van der Waals surface area contributed by atoms with Crippen LogP contribution >= 0.6 is 22.9 Å². The highest BCUT2D eigenvalue weighted by Crippen LogP contribution is 1.69. The van der Waals surface area contributed by atoms with Crippen LogP contribution in [0.5, 0.6) is 0 Å². The number of carbonyl (C=O) groups is 1. The van der Waals surface area contributed by atoms with Gasteiger partial charge in [-0.1, -0.05) is 6.58 Å². The zero-order valence-electron chi connectivity index (χ0n) is 3.07. The van der Waals surface area contributed by atoms with Crippen LogP contribution in [0.4, 0.5) is 0 Å². The van der Waals surface area contributed by atoms with Gasteiger partial charge in [-0.25, -0.2) is 0 Å². The highest BCUT2D eigenvalue weighted by atomic mass is 127. The summed E-state index contributed by atoms with van der Waals surface area (Å²) in [5.74, 6) is -0.157. The number of rotatable bonds is 1. The van der Waals surface area contributed by atoms with E-state index >= 15 is 0 Å². The van der Waals surface area contributed by atoms with Crippen LogP contribution in [0.25, 0.3) is 0 Å². The Morgan fingerprint density at radius 2 is 2.50 bits per heavy atom. The normalized spacial score (nSPS) is 6.83. The van der Waals surface area contributed by atoms with Crippen LogP contribution < -0.4 is 3.53 Å².